The maximum absolute atomic E-state index is 11.9. The van der Waals surface area contributed by atoms with Crippen molar-refractivity contribution in [2.75, 3.05) is 0 Å². The Labute approximate surface area is 99.8 Å². The quantitative estimate of drug-likeness (QED) is 0.444. The zero-order valence-corrected chi connectivity index (χ0v) is 11.2. The molecule has 0 radical (unpaired) electrons. The first-order valence-corrected chi connectivity index (χ1v) is 6.54. The van der Waals surface area contributed by atoms with Gasteiger partial charge < -0.3 is 4.79 Å². The summed E-state index contributed by atoms with van der Waals surface area (Å²) in [4.78, 5) is 22.8. The van der Waals surface area contributed by atoms with Gasteiger partial charge in [0.05, 0.1) is 5.92 Å². The molecule has 0 aromatic rings. The Bertz CT molecular complexity index is 211. The Morgan fingerprint density at radius 3 is 2.25 bits per heavy atom. The van der Waals surface area contributed by atoms with Crippen molar-refractivity contribution in [3.63, 3.8) is 0 Å². The molecule has 3 atom stereocenters. The van der Waals surface area contributed by atoms with Gasteiger partial charge in [0, 0.05) is 6.42 Å². The number of carbonyl (C=O) groups is 2. The summed E-state index contributed by atoms with van der Waals surface area (Å²) in [6.07, 6.45) is 5.41. The van der Waals surface area contributed by atoms with Gasteiger partial charge in [0.15, 0.2) is 0 Å². The van der Waals surface area contributed by atoms with E-state index in [2.05, 4.69) is 20.8 Å². The van der Waals surface area contributed by atoms with Crippen LogP contribution in [0.15, 0.2) is 0 Å². The Hall–Kier alpha value is -0.660. The third-order valence-corrected chi connectivity index (χ3v) is 3.46. The third-order valence-electron chi connectivity index (χ3n) is 3.46. The predicted molar refractivity (Wildman–Crippen MR) is 67.3 cm³/mol. The first-order valence-electron chi connectivity index (χ1n) is 6.54. The number of carbonyl (C=O) groups excluding carboxylic acids is 2. The van der Waals surface area contributed by atoms with Crippen LogP contribution < -0.4 is 0 Å². The molecule has 16 heavy (non-hydrogen) atoms. The number of ketones is 1. The van der Waals surface area contributed by atoms with Crippen LogP contribution in [-0.2, 0) is 9.59 Å². The van der Waals surface area contributed by atoms with Crippen molar-refractivity contribution >= 4 is 12.1 Å². The smallest absolute Gasteiger partial charge is 0.143 e. The largest absolute Gasteiger partial charge is 0.303 e. The van der Waals surface area contributed by atoms with E-state index in [0.717, 1.165) is 32.0 Å². The van der Waals surface area contributed by atoms with Gasteiger partial charge in [0.1, 0.15) is 12.1 Å². The summed E-state index contributed by atoms with van der Waals surface area (Å²) in [5.41, 5.74) is 0. The van der Waals surface area contributed by atoms with E-state index in [1.165, 1.54) is 0 Å². The molecule has 2 nitrogen and oxygen atoms in total. The maximum atomic E-state index is 11.9. The van der Waals surface area contributed by atoms with Gasteiger partial charge in [0.25, 0.3) is 0 Å². The summed E-state index contributed by atoms with van der Waals surface area (Å²) >= 11 is 0. The first-order chi connectivity index (χ1) is 7.56. The summed E-state index contributed by atoms with van der Waals surface area (Å²) in [6, 6.07) is 0. The number of Topliss-reactive ketones (excluding diaryl/α,β-unsaturated/α-hetero) is 1. The molecular formula is C14H26O2. The molecular weight excluding hydrogens is 200 g/mol. The Morgan fingerprint density at radius 2 is 1.81 bits per heavy atom. The fourth-order valence-electron chi connectivity index (χ4n) is 1.92. The molecule has 0 saturated heterocycles. The van der Waals surface area contributed by atoms with Crippen molar-refractivity contribution in [3.05, 3.63) is 0 Å². The lowest BCUT2D eigenvalue weighted by molar-refractivity contribution is -0.129. The van der Waals surface area contributed by atoms with Gasteiger partial charge in [-0.25, -0.2) is 0 Å². The van der Waals surface area contributed by atoms with Crippen LogP contribution in [0.5, 0.6) is 0 Å². The third kappa shape index (κ3) is 5.43. The van der Waals surface area contributed by atoms with E-state index < -0.39 is 0 Å². The molecule has 0 fully saturated rings. The number of aldehydes is 1. The molecule has 0 aromatic heterocycles. The zero-order chi connectivity index (χ0) is 12.6. The molecule has 0 aromatic carbocycles. The van der Waals surface area contributed by atoms with E-state index in [-0.39, 0.29) is 17.6 Å². The van der Waals surface area contributed by atoms with E-state index in [0.29, 0.717) is 12.3 Å². The van der Waals surface area contributed by atoms with Crippen LogP contribution in [0.4, 0.5) is 0 Å². The van der Waals surface area contributed by atoms with E-state index >= 15 is 0 Å². The standard InChI is InChI=1S/C14H26O2/c1-5-7-12(4)13(10-15)14(16)9-8-11(3)6-2/h10-13H,5-9H2,1-4H3. The second kappa shape index (κ2) is 8.49. The number of hydrogen-bond donors (Lipinski definition) is 0. The van der Waals surface area contributed by atoms with E-state index in [1.807, 2.05) is 6.92 Å². The van der Waals surface area contributed by atoms with Crippen LogP contribution in [-0.4, -0.2) is 12.1 Å². The minimum atomic E-state index is -0.371. The van der Waals surface area contributed by atoms with Crippen LogP contribution >= 0.6 is 0 Å². The first kappa shape index (κ1) is 15.3. The molecule has 0 aliphatic carbocycles. The van der Waals surface area contributed by atoms with Crippen LogP contribution in [0.1, 0.15) is 59.8 Å². The van der Waals surface area contributed by atoms with Gasteiger partial charge in [0.2, 0.25) is 0 Å². The minimum Gasteiger partial charge on any atom is -0.303 e. The Morgan fingerprint density at radius 1 is 1.19 bits per heavy atom. The number of rotatable bonds is 9. The summed E-state index contributed by atoms with van der Waals surface area (Å²) in [6.45, 7) is 8.37. The van der Waals surface area contributed by atoms with Gasteiger partial charge in [-0.05, 0) is 24.7 Å². The van der Waals surface area contributed by atoms with Crippen molar-refractivity contribution < 1.29 is 9.59 Å². The molecule has 3 unspecified atom stereocenters. The van der Waals surface area contributed by atoms with Crippen LogP contribution in [0.2, 0.25) is 0 Å². The molecule has 0 saturated carbocycles. The lowest BCUT2D eigenvalue weighted by Gasteiger charge is -2.17. The molecule has 0 aliphatic rings. The summed E-state index contributed by atoms with van der Waals surface area (Å²) in [7, 11) is 0. The molecule has 0 heterocycles. The van der Waals surface area contributed by atoms with Crippen LogP contribution in [0.3, 0.4) is 0 Å². The van der Waals surface area contributed by atoms with Gasteiger partial charge in [-0.3, -0.25) is 4.79 Å². The van der Waals surface area contributed by atoms with Crippen LogP contribution in [0, 0.1) is 17.8 Å². The normalized spacial score (nSPS) is 16.5. The molecule has 0 aliphatic heterocycles. The highest BCUT2D eigenvalue weighted by molar-refractivity contribution is 5.93. The lowest BCUT2D eigenvalue weighted by atomic mass is 9.85. The highest BCUT2D eigenvalue weighted by atomic mass is 16.1. The lowest BCUT2D eigenvalue weighted by Crippen LogP contribution is -2.23. The molecule has 0 bridgehead atoms. The average molecular weight is 226 g/mol. The van der Waals surface area contributed by atoms with E-state index in [4.69, 9.17) is 0 Å². The van der Waals surface area contributed by atoms with Gasteiger partial charge in [-0.2, -0.15) is 0 Å². The highest BCUT2D eigenvalue weighted by Gasteiger charge is 2.23. The number of hydrogen-bond acceptors (Lipinski definition) is 2. The molecule has 0 rings (SSSR count). The van der Waals surface area contributed by atoms with Gasteiger partial charge >= 0.3 is 0 Å². The maximum Gasteiger partial charge on any atom is 0.143 e. The minimum absolute atomic E-state index is 0.135. The van der Waals surface area contributed by atoms with Crippen LogP contribution in [0.25, 0.3) is 0 Å². The van der Waals surface area contributed by atoms with E-state index in [9.17, 15) is 9.59 Å². The predicted octanol–water partition coefficient (Wildman–Crippen LogP) is 3.63. The van der Waals surface area contributed by atoms with Gasteiger partial charge in [-0.1, -0.05) is 40.5 Å². The van der Waals surface area contributed by atoms with Crippen molar-refractivity contribution in [2.45, 2.75) is 59.8 Å². The molecule has 0 amide bonds. The fraction of sp³-hybridized carbons (Fsp3) is 0.857. The topological polar surface area (TPSA) is 34.1 Å². The second-order valence-electron chi connectivity index (χ2n) is 4.95. The monoisotopic (exact) mass is 226 g/mol. The Kier molecular flexibility index (Phi) is 8.14. The Balaban J connectivity index is 4.15. The van der Waals surface area contributed by atoms with Gasteiger partial charge in [-0.15, -0.1) is 0 Å². The van der Waals surface area contributed by atoms with E-state index in [1.54, 1.807) is 0 Å². The van der Waals surface area contributed by atoms with Crippen molar-refractivity contribution in [2.24, 2.45) is 17.8 Å². The zero-order valence-electron chi connectivity index (χ0n) is 11.2. The molecule has 0 N–H and O–H groups in total. The summed E-state index contributed by atoms with van der Waals surface area (Å²) < 4.78 is 0. The fourth-order valence-corrected chi connectivity index (χ4v) is 1.92. The summed E-state index contributed by atoms with van der Waals surface area (Å²) in [5.74, 6) is 0.546. The second-order valence-corrected chi connectivity index (χ2v) is 4.95. The highest BCUT2D eigenvalue weighted by Crippen LogP contribution is 2.20. The average Bonchev–Trinajstić information content (AvgIpc) is 2.27. The molecule has 0 spiro atoms. The van der Waals surface area contributed by atoms with Crippen molar-refractivity contribution in [1.82, 2.24) is 0 Å². The molecule has 94 valence electrons. The summed E-state index contributed by atoms with van der Waals surface area (Å²) in [5, 5.41) is 0. The van der Waals surface area contributed by atoms with Crippen molar-refractivity contribution in [1.29, 1.82) is 0 Å². The van der Waals surface area contributed by atoms with Crippen molar-refractivity contribution in [3.8, 4) is 0 Å². The SMILES string of the molecule is CCCC(C)C(C=O)C(=O)CCC(C)CC. The molecule has 2 heteroatoms.